The summed E-state index contributed by atoms with van der Waals surface area (Å²) in [6.07, 6.45) is 2.20. The fourth-order valence-corrected chi connectivity index (χ4v) is 2.16. The number of aliphatic hydroxyl groups is 1. The second-order valence-electron chi connectivity index (χ2n) is 4.87. The van der Waals surface area contributed by atoms with E-state index in [4.69, 9.17) is 20.8 Å². The zero-order valence-corrected chi connectivity index (χ0v) is 12.7. The fourth-order valence-electron chi connectivity index (χ4n) is 2.16. The van der Waals surface area contributed by atoms with Crippen LogP contribution in [-0.4, -0.2) is 47.9 Å². The lowest BCUT2D eigenvalue weighted by Gasteiger charge is -2.21. The van der Waals surface area contributed by atoms with Gasteiger partial charge in [0, 0.05) is 13.1 Å². The first-order chi connectivity index (χ1) is 10.2. The van der Waals surface area contributed by atoms with E-state index in [2.05, 4.69) is 17.0 Å². The Balaban J connectivity index is 2.91. The van der Waals surface area contributed by atoms with Crippen LogP contribution in [0.4, 0.5) is 0 Å². The number of unbranched alkanes of at least 4 members (excludes halogenated alkanes) is 1. The maximum atomic E-state index is 9.14. The number of ether oxygens (including phenoxy) is 1. The highest BCUT2D eigenvalue weighted by atomic mass is 16.5. The van der Waals surface area contributed by atoms with Crippen LogP contribution in [0.3, 0.4) is 0 Å². The number of hydrogen-bond acceptors (Lipinski definition) is 5. The molecule has 4 N–H and O–H groups in total. The van der Waals surface area contributed by atoms with E-state index in [0.29, 0.717) is 24.4 Å². The van der Waals surface area contributed by atoms with Gasteiger partial charge in [-0.2, -0.15) is 0 Å². The Morgan fingerprint density at radius 1 is 1.38 bits per heavy atom. The van der Waals surface area contributed by atoms with Gasteiger partial charge in [-0.1, -0.05) is 24.6 Å². The van der Waals surface area contributed by atoms with Gasteiger partial charge in [0.15, 0.2) is 5.84 Å². The van der Waals surface area contributed by atoms with Crippen molar-refractivity contribution < 1.29 is 15.1 Å². The largest absolute Gasteiger partial charge is 0.496 e. The molecular formula is C15H25N3O3. The molecule has 0 unspecified atom stereocenters. The number of amidine groups is 1. The van der Waals surface area contributed by atoms with Crippen LogP contribution >= 0.6 is 0 Å². The van der Waals surface area contributed by atoms with E-state index < -0.39 is 0 Å². The number of rotatable bonds is 9. The maximum Gasteiger partial charge on any atom is 0.173 e. The van der Waals surface area contributed by atoms with Crippen LogP contribution in [0.1, 0.15) is 30.9 Å². The van der Waals surface area contributed by atoms with Gasteiger partial charge in [0.05, 0.1) is 19.3 Å². The van der Waals surface area contributed by atoms with Crippen molar-refractivity contribution in [2.24, 2.45) is 10.9 Å². The fraction of sp³-hybridized carbons (Fsp3) is 0.533. The average Bonchev–Trinajstić information content (AvgIpc) is 2.51. The van der Waals surface area contributed by atoms with Crippen LogP contribution in [0.25, 0.3) is 0 Å². The molecule has 0 aliphatic carbocycles. The van der Waals surface area contributed by atoms with Crippen molar-refractivity contribution >= 4 is 5.84 Å². The van der Waals surface area contributed by atoms with Gasteiger partial charge >= 0.3 is 0 Å². The minimum atomic E-state index is 0.0240. The molecule has 6 nitrogen and oxygen atoms in total. The molecule has 0 fully saturated rings. The van der Waals surface area contributed by atoms with E-state index in [-0.39, 0.29) is 12.4 Å². The van der Waals surface area contributed by atoms with Crippen molar-refractivity contribution in [1.82, 2.24) is 4.90 Å². The molecule has 0 bridgehead atoms. The topological polar surface area (TPSA) is 91.3 Å². The highest BCUT2D eigenvalue weighted by molar-refractivity contribution is 5.99. The van der Waals surface area contributed by atoms with E-state index in [1.54, 1.807) is 13.2 Å². The number of nitrogens with zero attached hydrogens (tertiary/aromatic N) is 2. The normalized spacial score (nSPS) is 11.9. The van der Waals surface area contributed by atoms with Crippen molar-refractivity contribution in [3.05, 3.63) is 29.3 Å². The predicted octanol–water partition coefficient (Wildman–Crippen LogP) is 1.38. The lowest BCUT2D eigenvalue weighted by molar-refractivity contribution is 0.188. The van der Waals surface area contributed by atoms with Crippen molar-refractivity contribution in [2.75, 3.05) is 26.8 Å². The molecule has 21 heavy (non-hydrogen) atoms. The van der Waals surface area contributed by atoms with Crippen LogP contribution in [0.15, 0.2) is 23.4 Å². The number of benzene rings is 1. The third-order valence-corrected chi connectivity index (χ3v) is 3.30. The summed E-state index contributed by atoms with van der Waals surface area (Å²) in [7, 11) is 1.54. The molecule has 0 saturated heterocycles. The summed E-state index contributed by atoms with van der Waals surface area (Å²) >= 11 is 0. The Hall–Kier alpha value is -1.79. The quantitative estimate of drug-likeness (QED) is 0.277. The molecule has 0 heterocycles. The van der Waals surface area contributed by atoms with E-state index in [1.807, 2.05) is 12.1 Å². The van der Waals surface area contributed by atoms with Crippen LogP contribution in [0.5, 0.6) is 5.75 Å². The molecule has 6 heteroatoms. The summed E-state index contributed by atoms with van der Waals surface area (Å²) in [5.41, 5.74) is 7.27. The lowest BCUT2D eigenvalue weighted by atomic mass is 10.1. The van der Waals surface area contributed by atoms with Crippen LogP contribution in [0.2, 0.25) is 0 Å². The molecule has 1 aromatic carbocycles. The molecule has 0 atom stereocenters. The summed E-state index contributed by atoms with van der Waals surface area (Å²) in [6.45, 7) is 4.54. The first-order valence-electron chi connectivity index (χ1n) is 7.14. The number of methoxy groups -OCH3 is 1. The van der Waals surface area contributed by atoms with Crippen LogP contribution < -0.4 is 10.5 Å². The molecule has 0 aliphatic rings. The molecule has 0 radical (unpaired) electrons. The highest BCUT2D eigenvalue weighted by Gasteiger charge is 2.11. The lowest BCUT2D eigenvalue weighted by Crippen LogP contribution is -2.27. The molecular weight excluding hydrogens is 270 g/mol. The summed E-state index contributed by atoms with van der Waals surface area (Å²) in [4.78, 5) is 2.18. The Labute approximate surface area is 125 Å². The third kappa shape index (κ3) is 5.24. The number of oxime groups is 1. The van der Waals surface area contributed by atoms with Gasteiger partial charge in [0.2, 0.25) is 0 Å². The number of nitrogens with two attached hydrogens (primary N) is 1. The molecule has 0 saturated carbocycles. The van der Waals surface area contributed by atoms with Crippen molar-refractivity contribution in [2.45, 2.75) is 26.3 Å². The zero-order valence-electron chi connectivity index (χ0n) is 12.7. The second-order valence-corrected chi connectivity index (χ2v) is 4.87. The van der Waals surface area contributed by atoms with E-state index in [1.165, 1.54) is 0 Å². The third-order valence-electron chi connectivity index (χ3n) is 3.30. The Morgan fingerprint density at radius 3 is 2.71 bits per heavy atom. The van der Waals surface area contributed by atoms with Crippen LogP contribution in [0, 0.1) is 0 Å². The van der Waals surface area contributed by atoms with E-state index in [9.17, 15) is 0 Å². The first-order valence-corrected chi connectivity index (χ1v) is 7.14. The number of aliphatic hydroxyl groups excluding tert-OH is 1. The van der Waals surface area contributed by atoms with E-state index >= 15 is 0 Å². The second kappa shape index (κ2) is 9.20. The standard InChI is InChI=1S/C15H25N3O3/c1-3-4-7-18(8-9-19)11-12-5-6-14(21-2)13(10-12)15(16)17-20/h5-6,10,19-20H,3-4,7-9,11H2,1-2H3,(H2,16,17). The molecule has 1 aromatic rings. The smallest absolute Gasteiger partial charge is 0.173 e. The summed E-state index contributed by atoms with van der Waals surface area (Å²) < 4.78 is 5.22. The molecule has 1 rings (SSSR count). The van der Waals surface area contributed by atoms with Gasteiger partial charge < -0.3 is 20.8 Å². The summed E-state index contributed by atoms with van der Waals surface area (Å²) in [6, 6.07) is 5.60. The van der Waals surface area contributed by atoms with E-state index in [0.717, 1.165) is 24.9 Å². The van der Waals surface area contributed by atoms with Gasteiger partial charge in [-0.3, -0.25) is 4.90 Å². The molecule has 0 spiro atoms. The minimum absolute atomic E-state index is 0.0240. The van der Waals surface area contributed by atoms with Gasteiger partial charge in [0.1, 0.15) is 5.75 Å². The van der Waals surface area contributed by atoms with Crippen molar-refractivity contribution in [3.8, 4) is 5.75 Å². The van der Waals surface area contributed by atoms with Gasteiger partial charge in [-0.05, 0) is 30.7 Å². The monoisotopic (exact) mass is 295 g/mol. The van der Waals surface area contributed by atoms with Crippen molar-refractivity contribution in [1.29, 1.82) is 0 Å². The van der Waals surface area contributed by atoms with Crippen molar-refractivity contribution in [3.63, 3.8) is 0 Å². The Bertz CT molecular complexity index is 463. The summed E-state index contributed by atoms with van der Waals surface area (Å²) in [5, 5.41) is 21.0. The Morgan fingerprint density at radius 2 is 2.14 bits per heavy atom. The molecule has 0 aromatic heterocycles. The zero-order chi connectivity index (χ0) is 15.7. The highest BCUT2D eigenvalue weighted by Crippen LogP contribution is 2.20. The van der Waals surface area contributed by atoms with Gasteiger partial charge in [0.25, 0.3) is 0 Å². The molecule has 0 amide bonds. The van der Waals surface area contributed by atoms with Gasteiger partial charge in [-0.25, -0.2) is 0 Å². The molecule has 0 aliphatic heterocycles. The first kappa shape index (κ1) is 17.3. The minimum Gasteiger partial charge on any atom is -0.496 e. The SMILES string of the molecule is CCCCN(CCO)Cc1ccc(OC)c(C(N)=NO)c1. The predicted molar refractivity (Wildman–Crippen MR) is 82.8 cm³/mol. The molecule has 118 valence electrons. The van der Waals surface area contributed by atoms with Gasteiger partial charge in [-0.15, -0.1) is 0 Å². The maximum absolute atomic E-state index is 9.14. The number of hydrogen-bond donors (Lipinski definition) is 3. The van der Waals surface area contributed by atoms with Crippen LogP contribution in [-0.2, 0) is 6.54 Å². The average molecular weight is 295 g/mol. The Kier molecular flexibility index (Phi) is 7.56. The summed E-state index contributed by atoms with van der Waals surface area (Å²) in [5.74, 6) is 0.590.